The molecule has 0 aromatic heterocycles. The van der Waals surface area contributed by atoms with Crippen LogP contribution in [0.1, 0.15) is 0 Å². The number of hydrogen-bond acceptors (Lipinski definition) is 36. The van der Waals surface area contributed by atoms with Gasteiger partial charge in [-0.25, -0.2) is 0 Å². The van der Waals surface area contributed by atoms with Gasteiger partial charge in [0.1, 0.15) is 207 Å². The maximum absolute atomic E-state index is 5.88. The van der Waals surface area contributed by atoms with Gasteiger partial charge in [-0.05, 0) is 0 Å². The number of ether oxygens (including phenoxy) is 36. The van der Waals surface area contributed by atoms with Crippen LogP contribution in [0.4, 0.5) is 0 Å². The van der Waals surface area contributed by atoms with Gasteiger partial charge in [0.05, 0.1) is 320 Å². The molecule has 0 aliphatic carbocycles. The first kappa shape index (κ1) is 120. The summed E-state index contributed by atoms with van der Waals surface area (Å²) in [7, 11) is 51.0. The zero-order chi connectivity index (χ0) is 108. The number of rotatable bonds is 48. The topological polar surface area (TPSA) is 332 Å². The molecule has 0 saturated carbocycles. The number of hydrogen-bond donors (Lipinski definition) is 0. The van der Waals surface area contributed by atoms with E-state index in [1.165, 1.54) is 0 Å². The van der Waals surface area contributed by atoms with Crippen molar-refractivity contribution in [2.24, 2.45) is 0 Å². The summed E-state index contributed by atoms with van der Waals surface area (Å²) in [5.74, 6) is 20.0. The fourth-order valence-corrected chi connectivity index (χ4v) is 27.5. The first-order valence-corrected chi connectivity index (χ1v) is 50.0. The van der Waals surface area contributed by atoms with Gasteiger partial charge in [-0.3, -0.25) is 0 Å². The van der Waals surface area contributed by atoms with E-state index in [0.717, 1.165) is 63.7 Å². The van der Waals surface area contributed by atoms with E-state index in [1.54, 1.807) is 402 Å². The predicted octanol–water partition coefficient (Wildman–Crippen LogP) is 14.1. The molecule has 0 spiro atoms. The quantitative estimate of drug-likeness (QED) is 0.0252. The Hall–Kier alpha value is -14.2. The fraction of sp³-hybridized carbons (Fsp3) is 0.333. The van der Waals surface area contributed by atoms with Crippen LogP contribution in [0.3, 0.4) is 0 Å². The minimum Gasteiger partial charge on any atom is -0.496 e. The van der Waals surface area contributed by atoms with Gasteiger partial charge in [-0.1, -0.05) is 0 Å². The molecular formula is C108H132O36P4Pd. The molecule has 810 valence electrons. The summed E-state index contributed by atoms with van der Waals surface area (Å²) in [5.41, 5.74) is 0. The van der Waals surface area contributed by atoms with Crippen molar-refractivity contribution in [3.8, 4) is 207 Å². The zero-order valence-electron chi connectivity index (χ0n) is 90.7. The van der Waals surface area contributed by atoms with Gasteiger partial charge < -0.3 is 171 Å². The van der Waals surface area contributed by atoms with Gasteiger partial charge in [0.2, 0.25) is 0 Å². The van der Waals surface area contributed by atoms with Gasteiger partial charge in [0.15, 0.2) is 0 Å². The molecule has 0 fully saturated rings. The second-order valence-electron chi connectivity index (χ2n) is 29.9. The Bertz CT molecular complexity index is 4780. The zero-order valence-corrected chi connectivity index (χ0v) is 95.8. The van der Waals surface area contributed by atoms with Crippen molar-refractivity contribution >= 4 is 95.3 Å². The molecule has 12 aromatic carbocycles. The van der Waals surface area contributed by atoms with Crippen molar-refractivity contribution in [2.75, 3.05) is 256 Å². The van der Waals surface area contributed by atoms with E-state index < -0.39 is 31.7 Å². The Morgan fingerprint density at radius 3 is 0.168 bits per heavy atom. The maximum Gasteiger partial charge on any atom is 0.134 e. The average molecular weight is 2240 g/mol. The van der Waals surface area contributed by atoms with E-state index in [1.807, 2.05) is 0 Å². The standard InChI is InChI=1S/4C27H33O9P.Pd/c4*1-28-16-10-19(31-4)25(20(11-16)32-5)37(26-21(33-6)12-17(29-2)13-22(26)34-7)27-23(35-8)14-18(30-3)15-24(27)36-9;/h4*10-15H,1-9H3;. The Kier molecular flexibility index (Phi) is 46.7. The third-order valence-electron chi connectivity index (χ3n) is 23.0. The van der Waals surface area contributed by atoms with Gasteiger partial charge in [-0.2, -0.15) is 0 Å². The summed E-state index contributed by atoms with van der Waals surface area (Å²) < 4.78 is 207. The van der Waals surface area contributed by atoms with Crippen LogP contribution in [0.5, 0.6) is 207 Å². The molecule has 0 radical (unpaired) electrons. The largest absolute Gasteiger partial charge is 0.496 e. The third-order valence-corrected chi connectivity index (χ3v) is 33.6. The van der Waals surface area contributed by atoms with Gasteiger partial charge in [-0.15, -0.1) is 0 Å². The van der Waals surface area contributed by atoms with Crippen molar-refractivity contribution in [3.63, 3.8) is 0 Å². The normalized spacial score (nSPS) is 10.5. The Morgan fingerprint density at radius 1 is 0.0872 bits per heavy atom. The summed E-state index contributed by atoms with van der Waals surface area (Å²) in [4.78, 5) is 0. The van der Waals surface area contributed by atoms with Crippen LogP contribution in [0, 0.1) is 0 Å². The van der Waals surface area contributed by atoms with Crippen LogP contribution in [-0.2, 0) is 20.4 Å². The van der Waals surface area contributed by atoms with E-state index in [-0.39, 0.29) is 20.4 Å². The van der Waals surface area contributed by atoms with Crippen molar-refractivity contribution in [1.29, 1.82) is 0 Å². The molecule has 41 heteroatoms. The third kappa shape index (κ3) is 26.2. The summed E-state index contributed by atoms with van der Waals surface area (Å²) in [6, 6.07) is 43.3. The minimum atomic E-state index is -1.57. The molecule has 0 saturated heterocycles. The van der Waals surface area contributed by atoms with E-state index in [9.17, 15) is 0 Å². The molecule has 0 aliphatic rings. The minimum absolute atomic E-state index is 0. The molecule has 0 amide bonds. The van der Waals surface area contributed by atoms with Crippen molar-refractivity contribution in [2.45, 2.75) is 0 Å². The summed E-state index contributed by atoms with van der Waals surface area (Å²) in [6.45, 7) is 0. The molecule has 149 heavy (non-hydrogen) atoms. The van der Waals surface area contributed by atoms with E-state index in [4.69, 9.17) is 171 Å². The molecule has 0 bridgehead atoms. The second kappa shape index (κ2) is 58.0. The van der Waals surface area contributed by atoms with E-state index >= 15 is 0 Å². The molecular weight excluding hydrogens is 2100 g/mol. The molecule has 0 N–H and O–H groups in total. The molecule has 12 aromatic rings. The molecule has 0 unspecified atom stereocenters. The Morgan fingerprint density at radius 2 is 0.134 bits per heavy atom. The molecule has 0 heterocycles. The van der Waals surface area contributed by atoms with Crippen LogP contribution >= 0.6 is 31.7 Å². The monoisotopic (exact) mass is 2230 g/mol. The van der Waals surface area contributed by atoms with Gasteiger partial charge in [0, 0.05) is 198 Å². The van der Waals surface area contributed by atoms with Gasteiger partial charge in [0.25, 0.3) is 0 Å². The smallest absolute Gasteiger partial charge is 0.134 e. The predicted molar refractivity (Wildman–Crippen MR) is 576 cm³/mol. The van der Waals surface area contributed by atoms with Crippen LogP contribution in [0.25, 0.3) is 0 Å². The fourth-order valence-electron chi connectivity index (χ4n) is 15.8. The summed E-state index contributed by atoms with van der Waals surface area (Å²) in [6.07, 6.45) is 0. The van der Waals surface area contributed by atoms with E-state index in [2.05, 4.69) is 0 Å². The number of methoxy groups -OCH3 is 36. The van der Waals surface area contributed by atoms with Crippen molar-refractivity contribution in [1.82, 2.24) is 0 Å². The molecule has 0 aliphatic heterocycles. The van der Waals surface area contributed by atoms with Crippen molar-refractivity contribution in [3.05, 3.63) is 146 Å². The molecule has 36 nitrogen and oxygen atoms in total. The molecule has 0 atom stereocenters. The number of benzene rings is 12. The van der Waals surface area contributed by atoms with Gasteiger partial charge >= 0.3 is 0 Å². The second-order valence-corrected chi connectivity index (χ2v) is 38.0. The van der Waals surface area contributed by atoms with Crippen LogP contribution in [0.15, 0.2) is 146 Å². The van der Waals surface area contributed by atoms with Crippen molar-refractivity contribution < 1.29 is 191 Å². The first-order chi connectivity index (χ1) is 71.7. The molecule has 12 rings (SSSR count). The van der Waals surface area contributed by atoms with Crippen LogP contribution in [-0.4, -0.2) is 256 Å². The van der Waals surface area contributed by atoms with E-state index in [0.29, 0.717) is 207 Å². The Labute approximate surface area is 889 Å². The van der Waals surface area contributed by atoms with Crippen LogP contribution < -0.4 is 234 Å². The average Bonchev–Trinajstić information content (AvgIpc) is 0.754. The first-order valence-electron chi connectivity index (χ1n) is 44.6. The summed E-state index contributed by atoms with van der Waals surface area (Å²) in [5, 5.41) is 8.88. The summed E-state index contributed by atoms with van der Waals surface area (Å²) >= 11 is 0. The maximum atomic E-state index is 5.88. The van der Waals surface area contributed by atoms with Crippen LogP contribution in [0.2, 0.25) is 0 Å². The Balaban J connectivity index is 0.000000241. The SMILES string of the molecule is COc1cc(OC)c(P(c2c(OC)cc(OC)cc2OC)c2c(OC)cc(OC)cc2OC)c(OC)c1.COc1cc(OC)c(P(c2c(OC)cc(OC)cc2OC)c2c(OC)cc(OC)cc2OC)c(OC)c1.COc1cc(OC)c(P(c2c(OC)cc(OC)cc2OC)c2c(OC)cc(OC)cc2OC)c(OC)c1.COc1cc(OC)c(P(c2c(OC)cc(OC)cc2OC)c2c(OC)cc(OC)cc2OC)c(OC)c1.[Pd].